The van der Waals surface area contributed by atoms with Crippen LogP contribution in [0.5, 0.6) is 0 Å². The summed E-state index contributed by atoms with van der Waals surface area (Å²) in [5.74, 6) is -0.310. The number of nitrogens with one attached hydrogen (secondary N) is 1. The molecule has 128 valence electrons. The van der Waals surface area contributed by atoms with E-state index in [1.807, 2.05) is 45.0 Å². The van der Waals surface area contributed by atoms with Gasteiger partial charge in [-0.2, -0.15) is 5.10 Å². The molecule has 0 radical (unpaired) electrons. The number of nitrogens with zero attached hydrogens (tertiary/aromatic N) is 2. The van der Waals surface area contributed by atoms with E-state index in [2.05, 4.69) is 10.4 Å². The van der Waals surface area contributed by atoms with Gasteiger partial charge in [-0.05, 0) is 43.5 Å². The van der Waals surface area contributed by atoms with Crippen LogP contribution in [0, 0.1) is 13.8 Å². The van der Waals surface area contributed by atoms with Crippen molar-refractivity contribution in [3.8, 4) is 0 Å². The number of anilines is 1. The molecule has 25 heavy (non-hydrogen) atoms. The Morgan fingerprint density at radius 1 is 1.12 bits per heavy atom. The molecule has 2 aromatic carbocycles. The number of rotatable bonds is 4. The first-order chi connectivity index (χ1) is 12.0. The lowest BCUT2D eigenvalue weighted by Gasteiger charge is -2.12. The quantitative estimate of drug-likeness (QED) is 0.791. The molecule has 0 spiro atoms. The standard InChI is InChI=1S/C20H21N3O2/c1-4-11-23-20(25)16-8-6-5-7-15(16)18(22-23)19(24)21-17-12-13(2)9-10-14(17)3/h5-10,12H,4,11H2,1-3H3,(H,21,24). The number of benzene rings is 2. The molecule has 0 saturated carbocycles. The van der Waals surface area contributed by atoms with Crippen LogP contribution in [-0.4, -0.2) is 15.7 Å². The highest BCUT2D eigenvalue weighted by Crippen LogP contribution is 2.19. The number of aromatic nitrogens is 2. The second-order valence-corrected chi connectivity index (χ2v) is 6.19. The molecule has 0 unspecified atom stereocenters. The molecule has 0 fully saturated rings. The summed E-state index contributed by atoms with van der Waals surface area (Å²) < 4.78 is 1.38. The number of fused-ring (bicyclic) bond motifs is 1. The fourth-order valence-corrected chi connectivity index (χ4v) is 2.82. The van der Waals surface area contributed by atoms with Crippen LogP contribution in [0.2, 0.25) is 0 Å². The van der Waals surface area contributed by atoms with Gasteiger partial charge in [0.25, 0.3) is 11.5 Å². The smallest absolute Gasteiger partial charge is 0.276 e. The van der Waals surface area contributed by atoms with E-state index in [1.54, 1.807) is 18.2 Å². The highest BCUT2D eigenvalue weighted by atomic mass is 16.2. The van der Waals surface area contributed by atoms with Crippen LogP contribution in [-0.2, 0) is 6.54 Å². The van der Waals surface area contributed by atoms with Crippen molar-refractivity contribution in [2.45, 2.75) is 33.7 Å². The average molecular weight is 335 g/mol. The summed E-state index contributed by atoms with van der Waals surface area (Å²) >= 11 is 0. The molecule has 1 aromatic heterocycles. The zero-order valence-electron chi connectivity index (χ0n) is 14.7. The van der Waals surface area contributed by atoms with Crippen molar-refractivity contribution in [2.75, 3.05) is 5.32 Å². The summed E-state index contributed by atoms with van der Waals surface area (Å²) in [6.45, 7) is 6.37. The van der Waals surface area contributed by atoms with Crippen molar-refractivity contribution in [1.29, 1.82) is 0 Å². The van der Waals surface area contributed by atoms with Crippen LogP contribution in [0.15, 0.2) is 47.3 Å². The molecule has 1 amide bonds. The molecule has 5 nitrogen and oxygen atoms in total. The predicted molar refractivity (Wildman–Crippen MR) is 100 cm³/mol. The predicted octanol–water partition coefficient (Wildman–Crippen LogP) is 3.68. The normalized spacial score (nSPS) is 10.8. The first kappa shape index (κ1) is 16.9. The summed E-state index contributed by atoms with van der Waals surface area (Å²) in [7, 11) is 0. The zero-order valence-corrected chi connectivity index (χ0v) is 14.7. The highest BCUT2D eigenvalue weighted by molar-refractivity contribution is 6.11. The third-order valence-electron chi connectivity index (χ3n) is 4.16. The Balaban J connectivity index is 2.11. The van der Waals surface area contributed by atoms with E-state index in [-0.39, 0.29) is 17.2 Å². The van der Waals surface area contributed by atoms with E-state index < -0.39 is 0 Å². The van der Waals surface area contributed by atoms with Gasteiger partial charge in [0.05, 0.1) is 5.39 Å². The third kappa shape index (κ3) is 3.31. The lowest BCUT2D eigenvalue weighted by atomic mass is 10.1. The Labute approximate surface area is 146 Å². The van der Waals surface area contributed by atoms with Gasteiger partial charge in [-0.25, -0.2) is 4.68 Å². The van der Waals surface area contributed by atoms with Gasteiger partial charge in [0.1, 0.15) is 0 Å². The van der Waals surface area contributed by atoms with E-state index in [9.17, 15) is 9.59 Å². The second kappa shape index (κ2) is 6.89. The van der Waals surface area contributed by atoms with Gasteiger partial charge in [0.2, 0.25) is 0 Å². The van der Waals surface area contributed by atoms with E-state index in [4.69, 9.17) is 0 Å². The maximum absolute atomic E-state index is 12.9. The van der Waals surface area contributed by atoms with Gasteiger partial charge in [0.15, 0.2) is 5.69 Å². The van der Waals surface area contributed by atoms with Crippen molar-refractivity contribution >= 4 is 22.4 Å². The van der Waals surface area contributed by atoms with Gasteiger partial charge in [-0.15, -0.1) is 0 Å². The number of hydrogen-bond donors (Lipinski definition) is 1. The van der Waals surface area contributed by atoms with E-state index >= 15 is 0 Å². The van der Waals surface area contributed by atoms with Crippen LogP contribution in [0.25, 0.3) is 10.8 Å². The topological polar surface area (TPSA) is 64.0 Å². The number of aryl methyl sites for hydroxylation is 3. The molecule has 0 aliphatic carbocycles. The number of amides is 1. The van der Waals surface area contributed by atoms with Crippen molar-refractivity contribution in [2.24, 2.45) is 0 Å². The van der Waals surface area contributed by atoms with Gasteiger partial charge < -0.3 is 5.32 Å². The zero-order chi connectivity index (χ0) is 18.0. The van der Waals surface area contributed by atoms with Crippen LogP contribution in [0.1, 0.15) is 35.0 Å². The molecule has 0 aliphatic rings. The molecule has 3 rings (SSSR count). The fourth-order valence-electron chi connectivity index (χ4n) is 2.82. The molecule has 0 saturated heterocycles. The Kier molecular flexibility index (Phi) is 4.65. The summed E-state index contributed by atoms with van der Waals surface area (Å²) in [4.78, 5) is 25.4. The third-order valence-corrected chi connectivity index (χ3v) is 4.16. The SMILES string of the molecule is CCCn1nc(C(=O)Nc2cc(C)ccc2C)c2ccccc2c1=O. The maximum Gasteiger partial charge on any atom is 0.276 e. The Morgan fingerprint density at radius 3 is 2.56 bits per heavy atom. The first-order valence-electron chi connectivity index (χ1n) is 8.39. The van der Waals surface area contributed by atoms with Crippen molar-refractivity contribution in [3.63, 3.8) is 0 Å². The number of carbonyl (C=O) groups is 1. The van der Waals surface area contributed by atoms with Gasteiger partial charge >= 0.3 is 0 Å². The minimum Gasteiger partial charge on any atom is -0.320 e. The summed E-state index contributed by atoms with van der Waals surface area (Å²) in [5.41, 5.74) is 2.90. The van der Waals surface area contributed by atoms with E-state index in [0.717, 1.165) is 23.2 Å². The monoisotopic (exact) mass is 335 g/mol. The number of carbonyl (C=O) groups excluding carboxylic acids is 1. The summed E-state index contributed by atoms with van der Waals surface area (Å²) in [6, 6.07) is 13.0. The molecule has 0 atom stereocenters. The fraction of sp³-hybridized carbons (Fsp3) is 0.250. The van der Waals surface area contributed by atoms with Crippen LogP contribution in [0.3, 0.4) is 0 Å². The minimum atomic E-state index is -0.310. The van der Waals surface area contributed by atoms with Gasteiger partial charge in [-0.1, -0.05) is 37.3 Å². The second-order valence-electron chi connectivity index (χ2n) is 6.19. The number of hydrogen-bond acceptors (Lipinski definition) is 3. The van der Waals surface area contributed by atoms with Crippen molar-refractivity contribution in [3.05, 3.63) is 69.6 Å². The molecule has 1 N–H and O–H groups in total. The Hall–Kier alpha value is -2.95. The van der Waals surface area contributed by atoms with Crippen molar-refractivity contribution < 1.29 is 4.79 Å². The van der Waals surface area contributed by atoms with Crippen molar-refractivity contribution in [1.82, 2.24) is 9.78 Å². The molecule has 0 aliphatic heterocycles. The Morgan fingerprint density at radius 2 is 1.84 bits per heavy atom. The molecule has 0 bridgehead atoms. The minimum absolute atomic E-state index is 0.166. The van der Waals surface area contributed by atoms with Crippen LogP contribution < -0.4 is 10.9 Å². The Bertz CT molecular complexity index is 1010. The van der Waals surface area contributed by atoms with Crippen LogP contribution >= 0.6 is 0 Å². The van der Waals surface area contributed by atoms with Gasteiger partial charge in [0, 0.05) is 17.6 Å². The lowest BCUT2D eigenvalue weighted by Crippen LogP contribution is -2.27. The largest absolute Gasteiger partial charge is 0.320 e. The molecule has 1 heterocycles. The molecular weight excluding hydrogens is 314 g/mol. The highest BCUT2D eigenvalue weighted by Gasteiger charge is 2.17. The average Bonchev–Trinajstić information content (AvgIpc) is 2.60. The first-order valence-corrected chi connectivity index (χ1v) is 8.39. The molecule has 3 aromatic rings. The van der Waals surface area contributed by atoms with Crippen LogP contribution in [0.4, 0.5) is 5.69 Å². The lowest BCUT2D eigenvalue weighted by molar-refractivity contribution is 0.102. The maximum atomic E-state index is 12.9. The van der Waals surface area contributed by atoms with Gasteiger partial charge in [-0.3, -0.25) is 9.59 Å². The summed E-state index contributed by atoms with van der Waals surface area (Å²) in [6.07, 6.45) is 0.767. The summed E-state index contributed by atoms with van der Waals surface area (Å²) in [5, 5.41) is 8.35. The van der Waals surface area contributed by atoms with E-state index in [1.165, 1.54) is 4.68 Å². The molecule has 5 heteroatoms. The van der Waals surface area contributed by atoms with E-state index in [0.29, 0.717) is 17.3 Å². The molecular formula is C20H21N3O2.